The number of aliphatic hydroxyl groups is 4. The zero-order valence-electron chi connectivity index (χ0n) is 18.6. The zero-order chi connectivity index (χ0) is 24.4. The van der Waals surface area contributed by atoms with Gasteiger partial charge in [-0.15, -0.1) is 0 Å². The Labute approximate surface area is 189 Å². The predicted octanol–water partition coefficient (Wildman–Crippen LogP) is 1.12. The summed E-state index contributed by atoms with van der Waals surface area (Å²) in [6.07, 6.45) is -0.492. The number of esters is 1. The monoisotopic (exact) mass is 507 g/mol. The highest BCUT2D eigenvalue weighted by Crippen LogP contribution is 2.40. The van der Waals surface area contributed by atoms with Crippen LogP contribution in [0.4, 0.5) is 0 Å². The minimum Gasteiger partial charge on any atom is -0.496 e. The van der Waals surface area contributed by atoms with Crippen molar-refractivity contribution < 1.29 is 44.2 Å². The molecule has 0 unspecified atom stereocenters. The Bertz CT molecular complexity index is 829. The Hall–Kier alpha value is -1.92. The fourth-order valence-electron chi connectivity index (χ4n) is 2.47. The molecule has 176 valence electrons. The van der Waals surface area contributed by atoms with E-state index in [0.29, 0.717) is 4.47 Å². The minimum atomic E-state index is -3.54. The van der Waals surface area contributed by atoms with Gasteiger partial charge in [0.05, 0.1) is 36.1 Å². The Morgan fingerprint density at radius 1 is 0.968 bits per heavy atom. The first-order valence-corrected chi connectivity index (χ1v) is 10.0. The van der Waals surface area contributed by atoms with Gasteiger partial charge in [-0.05, 0) is 62.7 Å². The number of carbonyl (C=O) groups excluding carboxylic acids is 2. The van der Waals surface area contributed by atoms with Crippen molar-refractivity contribution in [3.8, 4) is 11.5 Å². The molecule has 0 spiro atoms. The molecule has 0 aliphatic heterocycles. The summed E-state index contributed by atoms with van der Waals surface area (Å²) in [6.45, 7) is 7.85. The van der Waals surface area contributed by atoms with Gasteiger partial charge in [-0.25, -0.2) is 0 Å². The molecule has 1 aromatic rings. The SMILES string of the molecule is COc1cc(C(O)(O)C(O)(O)NC(=O)CC(C)(C)OC(=O)C(C)(C)C)c(OC)cc1Br. The van der Waals surface area contributed by atoms with Crippen LogP contribution in [-0.2, 0) is 20.1 Å². The average Bonchev–Trinajstić information content (AvgIpc) is 2.58. The molecule has 31 heavy (non-hydrogen) atoms. The standard InChI is InChI=1S/C20H30BrNO9/c1-17(2,3)16(24)31-18(4,5)10-15(23)22-20(27,28)19(25,26)11-8-14(30-7)12(21)9-13(11)29-6/h8-9,25-28H,10H2,1-7H3,(H,22,23). The van der Waals surface area contributed by atoms with Crippen LogP contribution in [0.5, 0.6) is 11.5 Å². The van der Waals surface area contributed by atoms with Crippen molar-refractivity contribution in [3.05, 3.63) is 22.2 Å². The van der Waals surface area contributed by atoms with Gasteiger partial charge in [-0.2, -0.15) is 0 Å². The van der Waals surface area contributed by atoms with Crippen molar-refractivity contribution in [2.45, 2.75) is 58.3 Å². The van der Waals surface area contributed by atoms with Gasteiger partial charge in [0.25, 0.3) is 5.79 Å². The molecule has 0 bridgehead atoms. The second-order valence-electron chi connectivity index (χ2n) is 8.66. The maximum Gasteiger partial charge on any atom is 0.311 e. The fraction of sp³-hybridized carbons (Fsp3) is 0.600. The van der Waals surface area contributed by atoms with E-state index in [0.717, 1.165) is 6.07 Å². The number of ether oxygens (including phenoxy) is 3. The number of amides is 1. The van der Waals surface area contributed by atoms with Gasteiger partial charge in [0.1, 0.15) is 17.1 Å². The Balaban J connectivity index is 3.13. The molecule has 5 N–H and O–H groups in total. The average molecular weight is 508 g/mol. The first-order valence-electron chi connectivity index (χ1n) is 9.24. The summed E-state index contributed by atoms with van der Waals surface area (Å²) in [4.78, 5) is 24.5. The first-order chi connectivity index (χ1) is 13.9. The highest BCUT2D eigenvalue weighted by Gasteiger charge is 2.52. The number of hydrogen-bond acceptors (Lipinski definition) is 9. The van der Waals surface area contributed by atoms with Gasteiger partial charge < -0.3 is 40.0 Å². The van der Waals surface area contributed by atoms with E-state index < -0.39 is 46.6 Å². The van der Waals surface area contributed by atoms with Gasteiger partial charge in [0, 0.05) is 0 Å². The van der Waals surface area contributed by atoms with Gasteiger partial charge in [-0.3, -0.25) is 9.59 Å². The third-order valence-corrected chi connectivity index (χ3v) is 4.84. The lowest BCUT2D eigenvalue weighted by Crippen LogP contribution is -2.63. The molecule has 1 amide bonds. The van der Waals surface area contributed by atoms with Crippen LogP contribution in [-0.4, -0.2) is 58.0 Å². The topological polar surface area (TPSA) is 155 Å². The second kappa shape index (κ2) is 9.29. The molecule has 0 saturated carbocycles. The molecule has 1 rings (SSSR count). The summed E-state index contributed by atoms with van der Waals surface area (Å²) in [6, 6.07) is 2.42. The molecule has 0 saturated heterocycles. The van der Waals surface area contributed by atoms with Crippen molar-refractivity contribution >= 4 is 27.8 Å². The van der Waals surface area contributed by atoms with Crippen molar-refractivity contribution in [1.82, 2.24) is 5.32 Å². The number of rotatable bonds is 8. The Kier molecular flexibility index (Phi) is 8.13. The van der Waals surface area contributed by atoms with Gasteiger partial charge in [-0.1, -0.05) is 0 Å². The van der Waals surface area contributed by atoms with Gasteiger partial charge in [0.2, 0.25) is 5.91 Å². The van der Waals surface area contributed by atoms with Crippen molar-refractivity contribution in [1.29, 1.82) is 0 Å². The number of nitrogens with one attached hydrogen (secondary N) is 1. The van der Waals surface area contributed by atoms with E-state index in [1.54, 1.807) is 26.1 Å². The molecule has 0 aromatic heterocycles. The van der Waals surface area contributed by atoms with E-state index in [1.165, 1.54) is 34.1 Å². The molecule has 1 aromatic carbocycles. The number of hydrogen-bond donors (Lipinski definition) is 5. The van der Waals surface area contributed by atoms with E-state index in [9.17, 15) is 30.0 Å². The predicted molar refractivity (Wildman–Crippen MR) is 113 cm³/mol. The minimum absolute atomic E-state index is 0.126. The number of carbonyl (C=O) groups is 2. The molecule has 10 nitrogen and oxygen atoms in total. The van der Waals surface area contributed by atoms with Gasteiger partial charge >= 0.3 is 11.9 Å². The van der Waals surface area contributed by atoms with E-state index in [-0.39, 0.29) is 11.5 Å². The summed E-state index contributed by atoms with van der Waals surface area (Å²) < 4.78 is 15.9. The lowest BCUT2D eigenvalue weighted by molar-refractivity contribution is -0.375. The summed E-state index contributed by atoms with van der Waals surface area (Å²) >= 11 is 3.20. The highest BCUT2D eigenvalue weighted by molar-refractivity contribution is 9.10. The molecule has 0 atom stereocenters. The quantitative estimate of drug-likeness (QED) is 0.257. The molecule has 0 fully saturated rings. The third-order valence-electron chi connectivity index (χ3n) is 4.22. The van der Waals surface area contributed by atoms with Crippen molar-refractivity contribution in [2.24, 2.45) is 5.41 Å². The lowest BCUT2D eigenvalue weighted by Gasteiger charge is -2.37. The summed E-state index contributed by atoms with van der Waals surface area (Å²) in [7, 11) is 2.55. The van der Waals surface area contributed by atoms with Crippen LogP contribution in [0.2, 0.25) is 0 Å². The van der Waals surface area contributed by atoms with Crippen molar-refractivity contribution in [2.75, 3.05) is 14.2 Å². The molecule has 0 aliphatic carbocycles. The molecule has 0 radical (unpaired) electrons. The highest BCUT2D eigenvalue weighted by atomic mass is 79.9. The largest absolute Gasteiger partial charge is 0.496 e. The van der Waals surface area contributed by atoms with Crippen molar-refractivity contribution in [3.63, 3.8) is 0 Å². The van der Waals surface area contributed by atoms with Crippen LogP contribution in [0.3, 0.4) is 0 Å². The van der Waals surface area contributed by atoms with Crippen LogP contribution in [0.15, 0.2) is 16.6 Å². The number of halogens is 1. The summed E-state index contributed by atoms with van der Waals surface area (Å²) in [5, 5.41) is 43.5. The number of methoxy groups -OCH3 is 2. The van der Waals surface area contributed by atoms with E-state index in [4.69, 9.17) is 14.2 Å². The molecule has 0 aliphatic rings. The summed E-state index contributed by atoms with van der Waals surface area (Å²) in [5.41, 5.74) is -2.61. The van der Waals surface area contributed by atoms with Crippen LogP contribution in [0.1, 0.15) is 46.6 Å². The Morgan fingerprint density at radius 2 is 1.48 bits per heavy atom. The fourth-order valence-corrected chi connectivity index (χ4v) is 2.96. The van der Waals surface area contributed by atoms with Crippen LogP contribution in [0, 0.1) is 5.41 Å². The molecule has 0 heterocycles. The smallest absolute Gasteiger partial charge is 0.311 e. The van der Waals surface area contributed by atoms with E-state index in [1.807, 2.05) is 0 Å². The molecule has 11 heteroatoms. The second-order valence-corrected chi connectivity index (χ2v) is 9.51. The third kappa shape index (κ3) is 6.53. The van der Waals surface area contributed by atoms with Crippen LogP contribution in [0.25, 0.3) is 0 Å². The maximum atomic E-state index is 12.4. The molecular weight excluding hydrogens is 478 g/mol. The van der Waals surface area contributed by atoms with E-state index in [2.05, 4.69) is 15.9 Å². The Morgan fingerprint density at radius 3 is 1.94 bits per heavy atom. The van der Waals surface area contributed by atoms with Crippen LogP contribution < -0.4 is 14.8 Å². The lowest BCUT2D eigenvalue weighted by atomic mass is 9.96. The van der Waals surface area contributed by atoms with E-state index >= 15 is 0 Å². The maximum absolute atomic E-state index is 12.4. The van der Waals surface area contributed by atoms with Crippen LogP contribution >= 0.6 is 15.9 Å². The number of benzene rings is 1. The zero-order valence-corrected chi connectivity index (χ0v) is 20.2. The normalized spacial score (nSPS) is 12.9. The first kappa shape index (κ1) is 27.1. The summed E-state index contributed by atoms with van der Waals surface area (Å²) in [5.74, 6) is -8.52. The molecular formula is C20H30BrNO9. The van der Waals surface area contributed by atoms with Gasteiger partial charge in [0.15, 0.2) is 0 Å².